The van der Waals surface area contributed by atoms with Crippen molar-refractivity contribution in [2.24, 2.45) is 0 Å². The highest BCUT2D eigenvalue weighted by Crippen LogP contribution is 2.24. The number of rotatable bonds is 5. The lowest BCUT2D eigenvalue weighted by Crippen LogP contribution is -2.14. The fourth-order valence-corrected chi connectivity index (χ4v) is 5.21. The van der Waals surface area contributed by atoms with Crippen LogP contribution >= 0.6 is 27.3 Å². The minimum absolute atomic E-state index is 0.116. The molecule has 1 aromatic heterocycles. The Hall–Kier alpha value is -2.42. The lowest BCUT2D eigenvalue weighted by atomic mass is 10.2. The van der Waals surface area contributed by atoms with Crippen LogP contribution in [0.25, 0.3) is 10.2 Å². The predicted octanol–water partition coefficient (Wildman–Crippen LogP) is 4.67. The third kappa shape index (κ3) is 3.89. The van der Waals surface area contributed by atoms with E-state index in [0.29, 0.717) is 16.9 Å². The van der Waals surface area contributed by atoms with E-state index in [2.05, 4.69) is 20.7 Å². The summed E-state index contributed by atoms with van der Waals surface area (Å²) in [4.78, 5) is 12.4. The fourth-order valence-electron chi connectivity index (χ4n) is 2.86. The van der Waals surface area contributed by atoms with Gasteiger partial charge in [0, 0.05) is 10.2 Å². The summed E-state index contributed by atoms with van der Waals surface area (Å²) >= 11 is 4.37. The maximum Gasteiger partial charge on any atom is 0.308 e. The van der Waals surface area contributed by atoms with E-state index in [1.54, 1.807) is 41.0 Å². The molecule has 4 rings (SSSR count). The van der Waals surface area contributed by atoms with E-state index < -0.39 is 10.0 Å². The van der Waals surface area contributed by atoms with Crippen LogP contribution in [0.15, 0.2) is 87.0 Å². The molecule has 0 saturated carbocycles. The molecule has 0 spiro atoms. The Morgan fingerprint density at radius 3 is 2.39 bits per heavy atom. The summed E-state index contributed by atoms with van der Waals surface area (Å²) in [6, 6.07) is 21.3. The molecule has 3 aromatic carbocycles. The highest BCUT2D eigenvalue weighted by molar-refractivity contribution is 9.10. The molecular weight excluding hydrogens is 460 g/mol. The topological polar surface area (TPSA) is 68.2 Å². The van der Waals surface area contributed by atoms with Crippen molar-refractivity contribution in [2.45, 2.75) is 11.4 Å². The summed E-state index contributed by atoms with van der Waals surface area (Å²) < 4.78 is 31.1. The Morgan fingerprint density at radius 1 is 0.964 bits per heavy atom. The highest BCUT2D eigenvalue weighted by Gasteiger charge is 2.17. The Morgan fingerprint density at radius 2 is 1.68 bits per heavy atom. The number of thiazole rings is 1. The van der Waals surface area contributed by atoms with Crippen molar-refractivity contribution in [3.8, 4) is 0 Å². The van der Waals surface area contributed by atoms with Gasteiger partial charge >= 0.3 is 4.87 Å². The molecule has 1 N–H and O–H groups in total. The SMILES string of the molecule is O=c1sc2cc(S(=O)(=O)Nc3ccc(Br)cc3)ccc2n1Cc1ccccc1. The number of anilines is 1. The molecule has 8 heteroatoms. The standard InChI is InChI=1S/C20H15BrN2O3S2/c21-15-6-8-16(9-7-15)22-28(25,26)17-10-11-18-19(12-17)27-20(24)23(18)13-14-4-2-1-3-5-14/h1-12,22H,13H2. The zero-order valence-corrected chi connectivity index (χ0v) is 17.7. The molecule has 4 aromatic rings. The van der Waals surface area contributed by atoms with Crippen LogP contribution in [0.5, 0.6) is 0 Å². The largest absolute Gasteiger partial charge is 0.308 e. The molecule has 0 aliphatic carbocycles. The molecule has 0 aliphatic rings. The molecule has 0 unspecified atom stereocenters. The minimum Gasteiger partial charge on any atom is -0.294 e. The van der Waals surface area contributed by atoms with Gasteiger partial charge in [0.1, 0.15) is 0 Å². The third-order valence-electron chi connectivity index (χ3n) is 4.23. The Balaban J connectivity index is 1.68. The Kier molecular flexibility index (Phi) is 5.09. The van der Waals surface area contributed by atoms with E-state index >= 15 is 0 Å². The number of benzene rings is 3. The van der Waals surface area contributed by atoms with Crippen molar-refractivity contribution >= 4 is 53.2 Å². The van der Waals surface area contributed by atoms with Crippen LogP contribution in [0.2, 0.25) is 0 Å². The molecule has 0 atom stereocenters. The van der Waals surface area contributed by atoms with Crippen molar-refractivity contribution in [3.63, 3.8) is 0 Å². The summed E-state index contributed by atoms with van der Waals surface area (Å²) in [5.41, 5.74) is 2.21. The molecule has 1 heterocycles. The zero-order valence-electron chi connectivity index (χ0n) is 14.5. The smallest absolute Gasteiger partial charge is 0.294 e. The number of nitrogens with one attached hydrogen (secondary N) is 1. The fraction of sp³-hybridized carbons (Fsp3) is 0.0500. The summed E-state index contributed by atoms with van der Waals surface area (Å²) in [5, 5.41) is 0. The van der Waals surface area contributed by atoms with Gasteiger partial charge in [-0.05, 0) is 48.0 Å². The first-order valence-electron chi connectivity index (χ1n) is 8.38. The summed E-state index contributed by atoms with van der Waals surface area (Å²) in [6.07, 6.45) is 0. The quantitative estimate of drug-likeness (QED) is 0.456. The molecule has 142 valence electrons. The lowest BCUT2D eigenvalue weighted by Gasteiger charge is -2.09. The number of aromatic nitrogens is 1. The summed E-state index contributed by atoms with van der Waals surface area (Å²) in [7, 11) is -3.75. The number of halogens is 1. The Labute approximate surface area is 174 Å². The van der Waals surface area contributed by atoms with Gasteiger partial charge in [0.05, 0.1) is 21.7 Å². The Bertz CT molecular complexity index is 1300. The summed E-state index contributed by atoms with van der Waals surface area (Å²) in [6.45, 7) is 0.447. The average molecular weight is 475 g/mol. The predicted molar refractivity (Wildman–Crippen MR) is 117 cm³/mol. The van der Waals surface area contributed by atoms with Crippen LogP contribution < -0.4 is 9.60 Å². The van der Waals surface area contributed by atoms with E-state index in [1.165, 1.54) is 6.07 Å². The van der Waals surface area contributed by atoms with Crippen molar-refractivity contribution < 1.29 is 8.42 Å². The van der Waals surface area contributed by atoms with Gasteiger partial charge in [-0.3, -0.25) is 14.1 Å². The molecular formula is C20H15BrN2O3S2. The van der Waals surface area contributed by atoms with Crippen molar-refractivity contribution in [3.05, 3.63) is 92.5 Å². The monoisotopic (exact) mass is 474 g/mol. The van der Waals surface area contributed by atoms with Crippen LogP contribution in [-0.2, 0) is 16.6 Å². The summed E-state index contributed by atoms with van der Waals surface area (Å²) in [5.74, 6) is 0. The molecule has 0 amide bonds. The van der Waals surface area contributed by atoms with E-state index in [1.807, 2.05) is 30.3 Å². The molecule has 28 heavy (non-hydrogen) atoms. The van der Waals surface area contributed by atoms with Gasteiger partial charge in [0.25, 0.3) is 10.0 Å². The zero-order chi connectivity index (χ0) is 19.7. The number of nitrogens with zero attached hydrogens (tertiary/aromatic N) is 1. The second kappa shape index (κ2) is 7.54. The van der Waals surface area contributed by atoms with Gasteiger partial charge in [0.2, 0.25) is 0 Å². The van der Waals surface area contributed by atoms with Gasteiger partial charge in [-0.25, -0.2) is 8.42 Å². The first-order valence-corrected chi connectivity index (χ1v) is 11.5. The maximum absolute atomic E-state index is 12.7. The van der Waals surface area contributed by atoms with Gasteiger partial charge in [0.15, 0.2) is 0 Å². The number of hydrogen-bond acceptors (Lipinski definition) is 4. The van der Waals surface area contributed by atoms with Crippen molar-refractivity contribution in [1.82, 2.24) is 4.57 Å². The van der Waals surface area contributed by atoms with Crippen LogP contribution in [0.1, 0.15) is 5.56 Å². The van der Waals surface area contributed by atoms with Gasteiger partial charge < -0.3 is 0 Å². The van der Waals surface area contributed by atoms with Gasteiger partial charge in [-0.15, -0.1) is 0 Å². The molecule has 0 radical (unpaired) electrons. The molecule has 5 nitrogen and oxygen atoms in total. The molecule has 0 fully saturated rings. The molecule has 0 saturated heterocycles. The van der Waals surface area contributed by atoms with Crippen molar-refractivity contribution in [1.29, 1.82) is 0 Å². The van der Waals surface area contributed by atoms with Crippen LogP contribution in [0, 0.1) is 0 Å². The number of sulfonamides is 1. The van der Waals surface area contributed by atoms with Crippen LogP contribution in [0.3, 0.4) is 0 Å². The first kappa shape index (κ1) is 18.9. The maximum atomic E-state index is 12.7. The second-order valence-corrected chi connectivity index (χ2v) is 9.77. The lowest BCUT2D eigenvalue weighted by molar-refractivity contribution is 0.601. The van der Waals surface area contributed by atoms with E-state index in [0.717, 1.165) is 26.9 Å². The average Bonchev–Trinajstić information content (AvgIpc) is 2.99. The highest BCUT2D eigenvalue weighted by atomic mass is 79.9. The van der Waals surface area contributed by atoms with Crippen molar-refractivity contribution in [2.75, 3.05) is 4.72 Å². The van der Waals surface area contributed by atoms with E-state index in [4.69, 9.17) is 0 Å². The van der Waals surface area contributed by atoms with Crippen LogP contribution in [-0.4, -0.2) is 13.0 Å². The number of hydrogen-bond donors (Lipinski definition) is 1. The van der Waals surface area contributed by atoms with Gasteiger partial charge in [-0.1, -0.05) is 57.6 Å². The third-order valence-corrected chi connectivity index (χ3v) is 7.08. The molecule has 0 bridgehead atoms. The first-order chi connectivity index (χ1) is 13.4. The van der Waals surface area contributed by atoms with Gasteiger partial charge in [-0.2, -0.15) is 0 Å². The minimum atomic E-state index is -3.75. The van der Waals surface area contributed by atoms with E-state index in [9.17, 15) is 13.2 Å². The van der Waals surface area contributed by atoms with E-state index in [-0.39, 0.29) is 9.77 Å². The number of fused-ring (bicyclic) bond motifs is 1. The normalized spacial score (nSPS) is 11.6. The molecule has 0 aliphatic heterocycles. The van der Waals surface area contributed by atoms with Crippen LogP contribution in [0.4, 0.5) is 5.69 Å². The second-order valence-electron chi connectivity index (χ2n) is 6.18.